The Bertz CT molecular complexity index is 1440. The summed E-state index contributed by atoms with van der Waals surface area (Å²) in [6.07, 6.45) is 1.46. The first-order chi connectivity index (χ1) is 24.8. The summed E-state index contributed by atoms with van der Waals surface area (Å²) in [5.74, 6) is -3.41. The van der Waals surface area contributed by atoms with Gasteiger partial charge in [-0.3, -0.25) is 34.4 Å². The van der Waals surface area contributed by atoms with Crippen LogP contribution >= 0.6 is 0 Å². The lowest BCUT2D eigenvalue weighted by Crippen LogP contribution is -2.60. The van der Waals surface area contributed by atoms with Gasteiger partial charge in [0, 0.05) is 13.1 Å². The number of guanidine groups is 1. The van der Waals surface area contributed by atoms with E-state index in [0.717, 1.165) is 0 Å². The van der Waals surface area contributed by atoms with Crippen LogP contribution in [0.25, 0.3) is 0 Å². The van der Waals surface area contributed by atoms with Gasteiger partial charge in [-0.25, -0.2) is 10.2 Å². The Hall–Kier alpha value is -5.17. The Labute approximate surface area is 309 Å². The molecule has 1 fully saturated rings. The van der Waals surface area contributed by atoms with Crippen LogP contribution < -0.4 is 49.7 Å². The van der Waals surface area contributed by atoms with Crippen LogP contribution in [0.3, 0.4) is 0 Å². The lowest BCUT2D eigenvalue weighted by atomic mass is 10.0. The summed E-state index contributed by atoms with van der Waals surface area (Å²) in [7, 11) is 0. The second-order valence-corrected chi connectivity index (χ2v) is 14.3. The molecule has 0 unspecified atom stereocenters. The van der Waals surface area contributed by atoms with E-state index in [1.807, 2.05) is 19.3 Å². The number of nitrogens with two attached hydrogens (primary N) is 4. The van der Waals surface area contributed by atoms with Gasteiger partial charge in [-0.05, 0) is 82.9 Å². The molecule has 2 rings (SSSR count). The van der Waals surface area contributed by atoms with E-state index in [9.17, 15) is 33.9 Å². The molecule has 0 saturated carbocycles. The van der Waals surface area contributed by atoms with Crippen molar-refractivity contribution in [2.75, 3.05) is 19.7 Å². The molecule has 296 valence electrons. The molecular formula is C34H57N11O8. The zero-order valence-electron chi connectivity index (χ0n) is 31.1. The molecule has 1 aliphatic rings. The smallest absolute Gasteiger partial charge is 0.330 e. The highest BCUT2D eigenvalue weighted by molar-refractivity contribution is 5.96. The van der Waals surface area contributed by atoms with E-state index >= 15 is 0 Å². The van der Waals surface area contributed by atoms with E-state index in [2.05, 4.69) is 26.4 Å². The van der Waals surface area contributed by atoms with E-state index in [1.54, 1.807) is 32.9 Å². The van der Waals surface area contributed by atoms with Gasteiger partial charge in [0.25, 0.3) is 5.91 Å². The van der Waals surface area contributed by atoms with Crippen molar-refractivity contribution in [2.45, 2.75) is 109 Å². The third-order valence-electron chi connectivity index (χ3n) is 8.09. The van der Waals surface area contributed by atoms with Crippen LogP contribution in [0, 0.1) is 5.92 Å². The van der Waals surface area contributed by atoms with Crippen LogP contribution in [0.5, 0.6) is 5.75 Å². The highest BCUT2D eigenvalue weighted by atomic mass is 16.5. The van der Waals surface area contributed by atoms with Gasteiger partial charge < -0.3 is 53.6 Å². The van der Waals surface area contributed by atoms with Crippen LogP contribution in [-0.2, 0) is 35.1 Å². The highest BCUT2D eigenvalue weighted by Gasteiger charge is 2.39. The number of urea groups is 1. The van der Waals surface area contributed by atoms with Crippen molar-refractivity contribution in [1.82, 2.24) is 31.7 Å². The fourth-order valence-electron chi connectivity index (χ4n) is 5.49. The summed E-state index contributed by atoms with van der Waals surface area (Å²) in [5.41, 5.74) is 26.3. The zero-order valence-corrected chi connectivity index (χ0v) is 31.1. The van der Waals surface area contributed by atoms with Gasteiger partial charge >= 0.3 is 6.03 Å². The Morgan fingerprint density at radius 1 is 0.925 bits per heavy atom. The monoisotopic (exact) mass is 747 g/mol. The number of benzene rings is 1. The minimum atomic E-state index is -1.25. The quantitative estimate of drug-likeness (QED) is 0.0350. The van der Waals surface area contributed by atoms with E-state index in [0.29, 0.717) is 18.4 Å². The summed E-state index contributed by atoms with van der Waals surface area (Å²) >= 11 is 0. The van der Waals surface area contributed by atoms with Crippen LogP contribution in [0.15, 0.2) is 29.3 Å². The SMILES string of the molecule is CC(C)C[C@H](NC(=O)[C@H](COC(C)(C)C)NC(=O)[C@@H](N)Cc1ccc(O)cc1)C(=O)N[C@@H](CCCN=C(N)N)C(=O)N1CCC[C@H]1C(=O)NNC(N)=O. The van der Waals surface area contributed by atoms with Gasteiger partial charge in [-0.1, -0.05) is 26.0 Å². The lowest BCUT2D eigenvalue weighted by molar-refractivity contribution is -0.142. The highest BCUT2D eigenvalue weighted by Crippen LogP contribution is 2.20. The summed E-state index contributed by atoms with van der Waals surface area (Å²) in [6.45, 7) is 9.17. The molecule has 5 atom stereocenters. The Morgan fingerprint density at radius 2 is 1.53 bits per heavy atom. The van der Waals surface area contributed by atoms with Crippen molar-refractivity contribution in [3.63, 3.8) is 0 Å². The number of hydrogen-bond donors (Lipinski definition) is 10. The van der Waals surface area contributed by atoms with E-state index in [1.165, 1.54) is 17.0 Å². The minimum absolute atomic E-state index is 0.0618. The van der Waals surface area contributed by atoms with Gasteiger partial charge in [0.2, 0.25) is 23.6 Å². The van der Waals surface area contributed by atoms with Crippen molar-refractivity contribution in [2.24, 2.45) is 33.8 Å². The molecular weight excluding hydrogens is 690 g/mol. The Morgan fingerprint density at radius 3 is 2.11 bits per heavy atom. The number of nitrogens with zero attached hydrogens (tertiary/aromatic N) is 2. The third-order valence-corrected chi connectivity index (χ3v) is 8.09. The maximum atomic E-state index is 13.9. The number of rotatable bonds is 18. The average Bonchev–Trinajstić information content (AvgIpc) is 3.56. The number of carbonyl (C=O) groups is 6. The molecule has 1 aromatic rings. The second-order valence-electron chi connectivity index (χ2n) is 14.3. The molecule has 1 heterocycles. The van der Waals surface area contributed by atoms with Crippen molar-refractivity contribution in [1.29, 1.82) is 0 Å². The second kappa shape index (κ2) is 20.8. The largest absolute Gasteiger partial charge is 0.508 e. The van der Waals surface area contributed by atoms with Crippen LogP contribution in [0.4, 0.5) is 4.79 Å². The number of carbonyl (C=O) groups excluding carboxylic acids is 6. The molecule has 14 N–H and O–H groups in total. The average molecular weight is 748 g/mol. The van der Waals surface area contributed by atoms with Crippen molar-refractivity contribution < 1.29 is 38.6 Å². The molecule has 0 aromatic heterocycles. The maximum absolute atomic E-state index is 13.9. The number of likely N-dealkylation sites (tertiary alicyclic amines) is 1. The number of nitrogens with one attached hydrogen (secondary N) is 5. The number of aromatic hydroxyl groups is 1. The first-order valence-electron chi connectivity index (χ1n) is 17.6. The van der Waals surface area contributed by atoms with Crippen LogP contribution in [0.2, 0.25) is 0 Å². The molecule has 1 aromatic carbocycles. The molecule has 7 amide bonds. The van der Waals surface area contributed by atoms with Gasteiger partial charge in [-0.15, -0.1) is 0 Å². The number of phenols is 1. The summed E-state index contributed by atoms with van der Waals surface area (Å²) in [6, 6.07) is -0.304. The molecule has 53 heavy (non-hydrogen) atoms. The number of ether oxygens (including phenoxy) is 1. The minimum Gasteiger partial charge on any atom is -0.508 e. The fourth-order valence-corrected chi connectivity index (χ4v) is 5.49. The molecule has 19 nitrogen and oxygen atoms in total. The number of hydrazine groups is 1. The Balaban J connectivity index is 2.29. The van der Waals surface area contributed by atoms with E-state index in [-0.39, 0.29) is 63.0 Å². The number of primary amides is 1. The molecule has 0 spiro atoms. The first kappa shape index (κ1) is 44.0. The number of hydrogen-bond acceptors (Lipinski definition) is 10. The maximum Gasteiger partial charge on any atom is 0.330 e. The number of phenolic OH excluding ortho intramolecular Hbond substituents is 1. The van der Waals surface area contributed by atoms with E-state index in [4.69, 9.17) is 27.7 Å². The van der Waals surface area contributed by atoms with Crippen LogP contribution in [-0.4, -0.2) is 107 Å². The lowest BCUT2D eigenvalue weighted by Gasteiger charge is -2.31. The summed E-state index contributed by atoms with van der Waals surface area (Å²) in [4.78, 5) is 84.0. The topological polar surface area (TPSA) is 312 Å². The van der Waals surface area contributed by atoms with Crippen molar-refractivity contribution >= 4 is 41.5 Å². The first-order valence-corrected chi connectivity index (χ1v) is 17.6. The Kier molecular flexibility index (Phi) is 17.2. The molecule has 0 aliphatic carbocycles. The molecule has 1 aliphatic heterocycles. The molecule has 0 radical (unpaired) electrons. The summed E-state index contributed by atoms with van der Waals surface area (Å²) < 4.78 is 5.85. The van der Waals surface area contributed by atoms with E-state index < -0.39 is 71.4 Å². The van der Waals surface area contributed by atoms with Gasteiger partial charge in [0.1, 0.15) is 29.9 Å². The fraction of sp³-hybridized carbons (Fsp3) is 0.618. The van der Waals surface area contributed by atoms with Gasteiger partial charge in [0.15, 0.2) is 5.96 Å². The van der Waals surface area contributed by atoms with Crippen molar-refractivity contribution in [3.05, 3.63) is 29.8 Å². The zero-order chi connectivity index (χ0) is 39.9. The number of aliphatic imine (C=N–C) groups is 1. The molecule has 19 heteroatoms. The number of amides is 7. The van der Waals surface area contributed by atoms with Gasteiger partial charge in [-0.2, -0.15) is 0 Å². The standard InChI is InChI=1S/C34H57N11O8/c1-19(2)16-24(41-29(49)25(18-53-34(3,4)5)42-27(47)22(35)17-20-10-12-21(46)13-11-20)28(48)40-23(8-6-14-39-32(36)37)31(51)45-15-7-9-26(45)30(50)43-44-33(38)52/h10-13,19,22-26,46H,6-9,14-18,35H2,1-5H3,(H,40,48)(H,41,49)(H,42,47)(H,43,50)(H4,36,37,39)(H3,38,44,52)/t22-,23-,24-,25-,26-/m0/s1. The third kappa shape index (κ3) is 15.9. The van der Waals surface area contributed by atoms with Gasteiger partial charge in [0.05, 0.1) is 18.2 Å². The predicted molar refractivity (Wildman–Crippen MR) is 196 cm³/mol. The molecule has 0 bridgehead atoms. The van der Waals surface area contributed by atoms with Crippen molar-refractivity contribution in [3.8, 4) is 5.75 Å². The molecule has 1 saturated heterocycles. The normalized spacial score (nSPS) is 16.4. The predicted octanol–water partition coefficient (Wildman–Crippen LogP) is -1.68. The summed E-state index contributed by atoms with van der Waals surface area (Å²) in [5, 5.41) is 17.7. The van der Waals surface area contributed by atoms with Crippen LogP contribution in [0.1, 0.15) is 72.3 Å².